The molecule has 0 aliphatic heterocycles. The lowest BCUT2D eigenvalue weighted by Crippen LogP contribution is -2.27. The number of halogens is 3. The number of carbonyl (C=O) groups is 2. The summed E-state index contributed by atoms with van der Waals surface area (Å²) < 4.78 is 0. The summed E-state index contributed by atoms with van der Waals surface area (Å²) in [4.78, 5) is 25.5. The second-order valence-electron chi connectivity index (χ2n) is 5.62. The van der Waals surface area contributed by atoms with Crippen LogP contribution >= 0.6 is 46.1 Å². The standard InChI is InChI=1S/C20H12Cl3NO3S/c21-11-5-7-14(16(23)9-11)19(25)24-17(20(26)27)10-12-6-8-18(28-12)13-3-1-2-4-15(13)22/h1-10H,(H,24,25)(H,26,27)/b17-10-. The molecule has 2 aromatic carbocycles. The van der Waals surface area contributed by atoms with Gasteiger partial charge in [-0.15, -0.1) is 11.3 Å². The lowest BCUT2D eigenvalue weighted by atomic mass is 10.2. The minimum Gasteiger partial charge on any atom is -0.477 e. The zero-order valence-corrected chi connectivity index (χ0v) is 17.2. The Hall–Kier alpha value is -2.31. The van der Waals surface area contributed by atoms with Gasteiger partial charge in [0, 0.05) is 25.4 Å². The van der Waals surface area contributed by atoms with Crippen LogP contribution in [0.15, 0.2) is 60.3 Å². The van der Waals surface area contributed by atoms with Crippen LogP contribution in [-0.2, 0) is 4.79 Å². The predicted molar refractivity (Wildman–Crippen MR) is 114 cm³/mol. The van der Waals surface area contributed by atoms with Crippen LogP contribution in [0.4, 0.5) is 0 Å². The number of carboxylic acids is 1. The van der Waals surface area contributed by atoms with Crippen molar-refractivity contribution in [1.82, 2.24) is 5.32 Å². The fraction of sp³-hybridized carbons (Fsp3) is 0. The molecule has 4 nitrogen and oxygen atoms in total. The second kappa shape index (κ2) is 8.80. The van der Waals surface area contributed by atoms with Gasteiger partial charge >= 0.3 is 5.97 Å². The molecule has 0 saturated heterocycles. The van der Waals surface area contributed by atoms with Crippen molar-refractivity contribution in [3.63, 3.8) is 0 Å². The number of thiophene rings is 1. The molecular weight excluding hydrogens is 441 g/mol. The van der Waals surface area contributed by atoms with Crippen molar-refractivity contribution in [1.29, 1.82) is 0 Å². The summed E-state index contributed by atoms with van der Waals surface area (Å²) in [5, 5.41) is 12.9. The third-order valence-electron chi connectivity index (χ3n) is 3.71. The van der Waals surface area contributed by atoms with Gasteiger partial charge < -0.3 is 10.4 Å². The summed E-state index contributed by atoms with van der Waals surface area (Å²) in [6.07, 6.45) is 1.38. The summed E-state index contributed by atoms with van der Waals surface area (Å²) in [7, 11) is 0. The van der Waals surface area contributed by atoms with Crippen molar-refractivity contribution in [2.24, 2.45) is 0 Å². The maximum Gasteiger partial charge on any atom is 0.352 e. The van der Waals surface area contributed by atoms with Crippen molar-refractivity contribution in [3.8, 4) is 10.4 Å². The molecule has 142 valence electrons. The average molecular weight is 453 g/mol. The highest BCUT2D eigenvalue weighted by molar-refractivity contribution is 7.16. The molecule has 0 bridgehead atoms. The van der Waals surface area contributed by atoms with Crippen molar-refractivity contribution >= 4 is 64.1 Å². The van der Waals surface area contributed by atoms with Gasteiger partial charge in [-0.3, -0.25) is 4.79 Å². The molecule has 1 aromatic heterocycles. The van der Waals surface area contributed by atoms with E-state index in [0.717, 1.165) is 10.4 Å². The maximum absolute atomic E-state index is 12.4. The van der Waals surface area contributed by atoms with E-state index in [0.29, 0.717) is 14.9 Å². The number of carbonyl (C=O) groups excluding carboxylic acids is 1. The first-order valence-electron chi connectivity index (χ1n) is 7.91. The Kier molecular flexibility index (Phi) is 6.42. The van der Waals surface area contributed by atoms with Crippen LogP contribution in [0.1, 0.15) is 15.2 Å². The van der Waals surface area contributed by atoms with Crippen molar-refractivity contribution in [3.05, 3.63) is 85.8 Å². The van der Waals surface area contributed by atoms with Gasteiger partial charge in [0.05, 0.1) is 10.6 Å². The molecule has 0 aliphatic rings. The average Bonchev–Trinajstić information content (AvgIpc) is 3.09. The third-order valence-corrected chi connectivity index (χ3v) is 5.65. The van der Waals surface area contributed by atoms with Gasteiger partial charge in [-0.25, -0.2) is 4.79 Å². The molecule has 0 aliphatic carbocycles. The van der Waals surface area contributed by atoms with Crippen LogP contribution in [0.5, 0.6) is 0 Å². The molecule has 3 aromatic rings. The monoisotopic (exact) mass is 451 g/mol. The molecule has 28 heavy (non-hydrogen) atoms. The van der Waals surface area contributed by atoms with E-state index in [4.69, 9.17) is 34.8 Å². The Bertz CT molecular complexity index is 1090. The lowest BCUT2D eigenvalue weighted by molar-refractivity contribution is -0.132. The second-order valence-corrected chi connectivity index (χ2v) is 7.99. The van der Waals surface area contributed by atoms with E-state index in [9.17, 15) is 14.7 Å². The third kappa shape index (κ3) is 4.75. The molecule has 3 rings (SSSR count). The quantitative estimate of drug-likeness (QED) is 0.451. The smallest absolute Gasteiger partial charge is 0.352 e. The van der Waals surface area contributed by atoms with E-state index in [1.165, 1.54) is 35.6 Å². The SMILES string of the molecule is O=C(O)/C(=C/c1ccc(-c2ccccc2Cl)s1)NC(=O)c1ccc(Cl)cc1Cl. The molecule has 0 atom stereocenters. The Morgan fingerprint density at radius 2 is 1.71 bits per heavy atom. The van der Waals surface area contributed by atoms with Gasteiger partial charge in [0.15, 0.2) is 0 Å². The maximum atomic E-state index is 12.4. The zero-order chi connectivity index (χ0) is 20.3. The molecule has 0 radical (unpaired) electrons. The number of carboxylic acid groups (broad SMARTS) is 1. The van der Waals surface area contributed by atoms with E-state index >= 15 is 0 Å². The number of nitrogens with one attached hydrogen (secondary N) is 1. The van der Waals surface area contributed by atoms with Crippen LogP contribution in [0.2, 0.25) is 15.1 Å². The number of rotatable bonds is 5. The molecular formula is C20H12Cl3NO3S. The number of amides is 1. The summed E-state index contributed by atoms with van der Waals surface area (Å²) in [5.74, 6) is -1.91. The van der Waals surface area contributed by atoms with E-state index in [2.05, 4.69) is 5.32 Å². The lowest BCUT2D eigenvalue weighted by Gasteiger charge is -2.07. The normalized spacial score (nSPS) is 11.3. The Balaban J connectivity index is 1.87. The summed E-state index contributed by atoms with van der Waals surface area (Å²) in [6.45, 7) is 0. The van der Waals surface area contributed by atoms with Gasteiger partial charge in [-0.2, -0.15) is 0 Å². The van der Waals surface area contributed by atoms with Crippen LogP contribution < -0.4 is 5.32 Å². The van der Waals surface area contributed by atoms with Crippen molar-refractivity contribution in [2.45, 2.75) is 0 Å². The molecule has 1 heterocycles. The van der Waals surface area contributed by atoms with Gasteiger partial charge in [-0.05, 0) is 42.5 Å². The van der Waals surface area contributed by atoms with Gasteiger partial charge in [0.25, 0.3) is 5.91 Å². The zero-order valence-electron chi connectivity index (χ0n) is 14.1. The fourth-order valence-electron chi connectivity index (χ4n) is 2.39. The van der Waals surface area contributed by atoms with E-state index in [1.807, 2.05) is 24.3 Å². The summed E-state index contributed by atoms with van der Waals surface area (Å²) in [6, 6.07) is 15.3. The van der Waals surface area contributed by atoms with E-state index < -0.39 is 11.9 Å². The topological polar surface area (TPSA) is 66.4 Å². The predicted octanol–water partition coefficient (Wildman–Crippen LogP) is 6.23. The van der Waals surface area contributed by atoms with Gasteiger partial charge in [-0.1, -0.05) is 53.0 Å². The number of benzene rings is 2. The minimum absolute atomic E-state index is 0.126. The van der Waals surface area contributed by atoms with Crippen molar-refractivity contribution < 1.29 is 14.7 Å². The van der Waals surface area contributed by atoms with Crippen molar-refractivity contribution in [2.75, 3.05) is 0 Å². The van der Waals surface area contributed by atoms with E-state index in [-0.39, 0.29) is 16.3 Å². The first-order chi connectivity index (χ1) is 13.3. The number of aliphatic carboxylic acids is 1. The Labute approximate surface area is 180 Å². The molecule has 0 spiro atoms. The summed E-state index contributed by atoms with van der Waals surface area (Å²) >= 11 is 19.4. The molecule has 0 fully saturated rings. The minimum atomic E-state index is -1.27. The highest BCUT2D eigenvalue weighted by Gasteiger charge is 2.17. The molecule has 1 amide bonds. The molecule has 0 unspecified atom stereocenters. The van der Waals surface area contributed by atoms with Crippen LogP contribution in [0.3, 0.4) is 0 Å². The first-order valence-corrected chi connectivity index (χ1v) is 9.86. The van der Waals surface area contributed by atoms with Crippen LogP contribution in [0.25, 0.3) is 16.5 Å². The van der Waals surface area contributed by atoms with Crippen LogP contribution in [0, 0.1) is 0 Å². The first kappa shape index (κ1) is 20.4. The number of hydrogen-bond acceptors (Lipinski definition) is 3. The Morgan fingerprint density at radius 1 is 0.964 bits per heavy atom. The fourth-order valence-corrected chi connectivity index (χ4v) is 4.17. The number of hydrogen-bond donors (Lipinski definition) is 2. The highest BCUT2D eigenvalue weighted by atomic mass is 35.5. The van der Waals surface area contributed by atoms with Gasteiger partial charge in [0.1, 0.15) is 5.70 Å². The Morgan fingerprint density at radius 3 is 2.39 bits per heavy atom. The van der Waals surface area contributed by atoms with Crippen LogP contribution in [-0.4, -0.2) is 17.0 Å². The summed E-state index contributed by atoms with van der Waals surface area (Å²) in [5.41, 5.74) is 0.701. The largest absolute Gasteiger partial charge is 0.477 e. The van der Waals surface area contributed by atoms with E-state index in [1.54, 1.807) is 12.1 Å². The molecule has 2 N–H and O–H groups in total. The molecule has 8 heteroatoms. The van der Waals surface area contributed by atoms with Gasteiger partial charge in [0.2, 0.25) is 0 Å². The molecule has 0 saturated carbocycles. The highest BCUT2D eigenvalue weighted by Crippen LogP contribution is 2.34.